The van der Waals surface area contributed by atoms with E-state index in [0.29, 0.717) is 11.7 Å². The molecule has 1 aromatic heterocycles. The molecule has 4 rings (SSSR count). The van der Waals surface area contributed by atoms with E-state index in [1.165, 1.54) is 12.8 Å². The van der Waals surface area contributed by atoms with Crippen molar-refractivity contribution in [1.29, 1.82) is 0 Å². The number of nitrogens with one attached hydrogen (secondary N) is 1. The average Bonchev–Trinajstić information content (AvgIpc) is 2.73. The maximum absolute atomic E-state index is 12.7. The number of nitrogens with zero attached hydrogens (tertiary/aromatic N) is 3. The largest absolute Gasteiger partial charge is 0.493 e. The number of hydrogen-bond donors (Lipinski definition) is 1. The Balaban J connectivity index is 1.53. The van der Waals surface area contributed by atoms with Crippen LogP contribution < -0.4 is 15.4 Å². The van der Waals surface area contributed by atoms with Gasteiger partial charge in [-0.1, -0.05) is 12.1 Å². The number of aromatic nitrogens is 2. The molecule has 1 fully saturated rings. The fraction of sp³-hybridized carbons (Fsp3) is 0.391. The summed E-state index contributed by atoms with van der Waals surface area (Å²) in [5.74, 6) is 2.13. The Morgan fingerprint density at radius 1 is 1.13 bits per heavy atom. The number of hydrogen-bond acceptors (Lipinski definition) is 6. The van der Waals surface area contributed by atoms with Gasteiger partial charge in [0.2, 0.25) is 0 Å². The van der Waals surface area contributed by atoms with Crippen LogP contribution in [0.15, 0.2) is 48.8 Å². The molecule has 0 radical (unpaired) electrons. The molecular formula is C23H29N4O2P. The second kappa shape index (κ2) is 8.75. The number of piperidine rings is 1. The molecular weight excluding hydrogens is 395 g/mol. The number of anilines is 2. The summed E-state index contributed by atoms with van der Waals surface area (Å²) in [5.41, 5.74) is 1.63. The lowest BCUT2D eigenvalue weighted by Crippen LogP contribution is -2.32. The van der Waals surface area contributed by atoms with Crippen molar-refractivity contribution >= 4 is 34.9 Å². The molecule has 0 bridgehead atoms. The predicted molar refractivity (Wildman–Crippen MR) is 124 cm³/mol. The molecule has 3 aromatic rings. The van der Waals surface area contributed by atoms with Gasteiger partial charge in [0, 0.05) is 16.8 Å². The Labute approximate surface area is 178 Å². The molecule has 2 heterocycles. The van der Waals surface area contributed by atoms with Gasteiger partial charge in [-0.3, -0.25) is 0 Å². The third-order valence-electron chi connectivity index (χ3n) is 5.67. The van der Waals surface area contributed by atoms with Crippen molar-refractivity contribution in [3.8, 4) is 5.75 Å². The van der Waals surface area contributed by atoms with Gasteiger partial charge in [0.1, 0.15) is 25.0 Å². The van der Waals surface area contributed by atoms with Gasteiger partial charge in [0.25, 0.3) is 0 Å². The van der Waals surface area contributed by atoms with Gasteiger partial charge in [-0.15, -0.1) is 0 Å². The number of benzene rings is 2. The normalized spacial score (nSPS) is 16.0. The van der Waals surface area contributed by atoms with E-state index >= 15 is 0 Å². The van der Waals surface area contributed by atoms with Crippen LogP contribution in [0.3, 0.4) is 0 Å². The van der Waals surface area contributed by atoms with Crippen molar-refractivity contribution < 1.29 is 9.30 Å². The van der Waals surface area contributed by atoms with Crippen molar-refractivity contribution in [3.05, 3.63) is 48.8 Å². The summed E-state index contributed by atoms with van der Waals surface area (Å²) in [6.45, 7) is 6.57. The molecule has 0 atom stereocenters. The maximum Gasteiger partial charge on any atom is 0.141 e. The molecule has 1 N–H and O–H groups in total. The van der Waals surface area contributed by atoms with Crippen LogP contribution in [-0.4, -0.2) is 54.9 Å². The van der Waals surface area contributed by atoms with Crippen LogP contribution >= 0.6 is 7.14 Å². The number of likely N-dealkylation sites (tertiary alicyclic amines) is 1. The fourth-order valence-corrected chi connectivity index (χ4v) is 5.00. The molecule has 0 unspecified atom stereocenters. The van der Waals surface area contributed by atoms with Gasteiger partial charge in [-0.05, 0) is 76.5 Å². The monoisotopic (exact) mass is 424 g/mol. The lowest BCUT2D eigenvalue weighted by molar-refractivity contribution is 0.160. The number of para-hydroxylation sites is 1. The average molecular weight is 424 g/mol. The van der Waals surface area contributed by atoms with E-state index in [1.807, 2.05) is 42.5 Å². The molecule has 1 aliphatic heterocycles. The topological polar surface area (TPSA) is 67.3 Å². The molecule has 7 heteroatoms. The van der Waals surface area contributed by atoms with Crippen LogP contribution in [0.25, 0.3) is 10.9 Å². The van der Waals surface area contributed by atoms with Gasteiger partial charge in [-0.25, -0.2) is 9.97 Å². The molecule has 1 saturated heterocycles. The molecule has 0 aliphatic carbocycles. The highest BCUT2D eigenvalue weighted by molar-refractivity contribution is 7.70. The minimum Gasteiger partial charge on any atom is -0.493 e. The van der Waals surface area contributed by atoms with E-state index in [1.54, 1.807) is 19.7 Å². The van der Waals surface area contributed by atoms with Crippen LogP contribution in [0, 0.1) is 5.92 Å². The summed E-state index contributed by atoms with van der Waals surface area (Å²) in [5, 5.41) is 5.08. The van der Waals surface area contributed by atoms with Crippen molar-refractivity contribution in [2.24, 2.45) is 5.92 Å². The molecule has 0 spiro atoms. The summed E-state index contributed by atoms with van der Waals surface area (Å²) in [7, 11) is -0.246. The van der Waals surface area contributed by atoms with E-state index in [2.05, 4.69) is 27.2 Å². The molecule has 2 aromatic carbocycles. The SMILES string of the molecule is CN1CCC(COc2ccc3c(Nc4ccccc4P(C)(C)=O)ncnc3c2)CC1. The van der Waals surface area contributed by atoms with Gasteiger partial charge in [0.15, 0.2) is 0 Å². The first-order valence-corrected chi connectivity index (χ1v) is 13.0. The minimum absolute atomic E-state index is 0.606. The third-order valence-corrected chi connectivity index (χ3v) is 7.22. The molecule has 0 amide bonds. The highest BCUT2D eigenvalue weighted by Crippen LogP contribution is 2.38. The zero-order valence-corrected chi connectivity index (χ0v) is 18.7. The van der Waals surface area contributed by atoms with Crippen molar-refractivity contribution in [3.63, 3.8) is 0 Å². The molecule has 6 nitrogen and oxygen atoms in total. The maximum atomic E-state index is 12.7. The smallest absolute Gasteiger partial charge is 0.141 e. The van der Waals surface area contributed by atoms with Crippen molar-refractivity contribution in [1.82, 2.24) is 14.9 Å². The molecule has 1 aliphatic rings. The van der Waals surface area contributed by atoms with Gasteiger partial charge >= 0.3 is 0 Å². The van der Waals surface area contributed by atoms with Crippen LogP contribution in [0.5, 0.6) is 5.75 Å². The summed E-state index contributed by atoms with van der Waals surface area (Å²) >= 11 is 0. The Morgan fingerprint density at radius 3 is 2.67 bits per heavy atom. The second-order valence-corrected chi connectivity index (χ2v) is 11.6. The summed E-state index contributed by atoms with van der Waals surface area (Å²) < 4.78 is 18.7. The molecule has 158 valence electrons. The van der Waals surface area contributed by atoms with E-state index in [9.17, 15) is 4.57 Å². The lowest BCUT2D eigenvalue weighted by Gasteiger charge is -2.28. The third kappa shape index (κ3) is 4.82. The highest BCUT2D eigenvalue weighted by atomic mass is 31.2. The number of rotatable bonds is 6. The van der Waals surface area contributed by atoms with Crippen LogP contribution in [0.1, 0.15) is 12.8 Å². The van der Waals surface area contributed by atoms with E-state index in [0.717, 1.165) is 47.3 Å². The minimum atomic E-state index is -2.42. The van der Waals surface area contributed by atoms with E-state index < -0.39 is 7.14 Å². The Hall–Kier alpha value is -2.43. The fourth-order valence-electron chi connectivity index (χ4n) is 3.85. The van der Waals surface area contributed by atoms with Gasteiger partial charge < -0.3 is 19.5 Å². The summed E-state index contributed by atoms with van der Waals surface area (Å²) in [6, 6.07) is 13.6. The van der Waals surface area contributed by atoms with Gasteiger partial charge in [0.05, 0.1) is 17.8 Å². The Bertz CT molecular complexity index is 1070. The quantitative estimate of drug-likeness (QED) is 0.594. The zero-order chi connectivity index (χ0) is 21.1. The number of fused-ring (bicyclic) bond motifs is 1. The Kier molecular flexibility index (Phi) is 6.07. The second-order valence-electron chi connectivity index (χ2n) is 8.45. The first kappa shape index (κ1) is 20.8. The van der Waals surface area contributed by atoms with Crippen LogP contribution in [0.4, 0.5) is 11.5 Å². The predicted octanol–water partition coefficient (Wildman–Crippen LogP) is 4.34. The molecule has 0 saturated carbocycles. The zero-order valence-electron chi connectivity index (χ0n) is 17.8. The van der Waals surface area contributed by atoms with E-state index in [4.69, 9.17) is 4.74 Å². The van der Waals surface area contributed by atoms with Crippen LogP contribution in [0.2, 0.25) is 0 Å². The summed E-state index contributed by atoms with van der Waals surface area (Å²) in [4.78, 5) is 11.2. The Morgan fingerprint density at radius 2 is 1.90 bits per heavy atom. The number of ether oxygens (including phenoxy) is 1. The van der Waals surface area contributed by atoms with Crippen molar-refractivity contribution in [2.75, 3.05) is 45.4 Å². The lowest BCUT2D eigenvalue weighted by atomic mass is 9.98. The first-order valence-electron chi connectivity index (χ1n) is 10.4. The first-order chi connectivity index (χ1) is 14.4. The molecule has 30 heavy (non-hydrogen) atoms. The standard InChI is InChI=1S/C23H29N4O2P/c1-27-12-10-17(11-13-27)15-29-18-8-9-19-21(14-18)24-16-25-23(19)26-20-6-4-5-7-22(20)30(2,3)28/h4-9,14,16-17H,10-13,15H2,1-3H3,(H,24,25,26). The van der Waals surface area contributed by atoms with Crippen LogP contribution in [-0.2, 0) is 4.57 Å². The summed E-state index contributed by atoms with van der Waals surface area (Å²) in [6.07, 6.45) is 3.91. The van der Waals surface area contributed by atoms with E-state index in [-0.39, 0.29) is 0 Å². The van der Waals surface area contributed by atoms with Gasteiger partial charge in [-0.2, -0.15) is 0 Å². The highest BCUT2D eigenvalue weighted by Gasteiger charge is 2.18. The van der Waals surface area contributed by atoms with Crippen molar-refractivity contribution in [2.45, 2.75) is 12.8 Å².